The zero-order valence-corrected chi connectivity index (χ0v) is 10.2. The Bertz CT molecular complexity index is 479. The summed E-state index contributed by atoms with van der Waals surface area (Å²) in [4.78, 5) is 0. The van der Waals surface area contributed by atoms with Crippen molar-refractivity contribution >= 4 is 15.9 Å². The van der Waals surface area contributed by atoms with Crippen molar-refractivity contribution in [3.8, 4) is 17.0 Å². The smallest absolute Gasteiger partial charge is 0.133 e. The second kappa shape index (κ2) is 4.06. The number of halogens is 1. The van der Waals surface area contributed by atoms with Crippen molar-refractivity contribution in [1.82, 2.24) is 9.78 Å². The van der Waals surface area contributed by atoms with E-state index in [0.29, 0.717) is 0 Å². The maximum absolute atomic E-state index is 5.18. The highest BCUT2D eigenvalue weighted by Crippen LogP contribution is 2.29. The number of hydrogen-bond acceptors (Lipinski definition) is 2. The molecule has 78 valence electrons. The zero-order chi connectivity index (χ0) is 10.8. The molecule has 4 heteroatoms. The Hall–Kier alpha value is -1.29. The van der Waals surface area contributed by atoms with E-state index in [1.165, 1.54) is 0 Å². The van der Waals surface area contributed by atoms with Gasteiger partial charge in [0.1, 0.15) is 5.75 Å². The molecule has 15 heavy (non-hydrogen) atoms. The Morgan fingerprint density at radius 1 is 1.33 bits per heavy atom. The molecule has 3 nitrogen and oxygen atoms in total. The van der Waals surface area contributed by atoms with E-state index < -0.39 is 0 Å². The summed E-state index contributed by atoms with van der Waals surface area (Å²) >= 11 is 3.46. The molecule has 0 aliphatic rings. The standard InChI is InChI=1S/C11H11BrN2O/c1-14-10(5-6-13-14)8-3-4-11(15-2)9(12)7-8/h3-7H,1-2H3. The molecular weight excluding hydrogens is 256 g/mol. The van der Waals surface area contributed by atoms with Gasteiger partial charge in [-0.05, 0) is 40.2 Å². The first kappa shape index (κ1) is 10.2. The molecule has 0 aliphatic heterocycles. The fourth-order valence-corrected chi connectivity index (χ4v) is 2.02. The zero-order valence-electron chi connectivity index (χ0n) is 8.57. The molecule has 2 aromatic rings. The molecule has 0 bridgehead atoms. The number of hydrogen-bond donors (Lipinski definition) is 0. The molecule has 0 fully saturated rings. The summed E-state index contributed by atoms with van der Waals surface area (Å²) in [5, 5.41) is 4.14. The molecule has 1 aromatic carbocycles. The van der Waals surface area contributed by atoms with Crippen LogP contribution in [0.3, 0.4) is 0 Å². The van der Waals surface area contributed by atoms with Gasteiger partial charge in [0.25, 0.3) is 0 Å². The summed E-state index contributed by atoms with van der Waals surface area (Å²) in [5.74, 6) is 0.834. The van der Waals surface area contributed by atoms with Crippen LogP contribution in [0.15, 0.2) is 34.9 Å². The van der Waals surface area contributed by atoms with Crippen LogP contribution in [-0.2, 0) is 7.05 Å². The Labute approximate surface area is 96.8 Å². The molecule has 0 saturated carbocycles. The van der Waals surface area contributed by atoms with Crippen LogP contribution in [0.2, 0.25) is 0 Å². The van der Waals surface area contributed by atoms with E-state index in [4.69, 9.17) is 4.74 Å². The highest BCUT2D eigenvalue weighted by atomic mass is 79.9. The van der Waals surface area contributed by atoms with Crippen LogP contribution in [0.1, 0.15) is 0 Å². The summed E-state index contributed by atoms with van der Waals surface area (Å²) < 4.78 is 7.97. The lowest BCUT2D eigenvalue weighted by Gasteiger charge is -2.06. The third kappa shape index (κ3) is 1.90. The highest BCUT2D eigenvalue weighted by Gasteiger charge is 2.05. The average molecular weight is 267 g/mol. The SMILES string of the molecule is COc1ccc(-c2ccnn2C)cc1Br. The van der Waals surface area contributed by atoms with Crippen LogP contribution in [0, 0.1) is 0 Å². The molecule has 0 unspecified atom stereocenters. The number of aryl methyl sites for hydroxylation is 1. The van der Waals surface area contributed by atoms with Gasteiger partial charge >= 0.3 is 0 Å². The molecule has 0 atom stereocenters. The van der Waals surface area contributed by atoms with Crippen LogP contribution >= 0.6 is 15.9 Å². The molecule has 1 heterocycles. The third-order valence-corrected chi connectivity index (χ3v) is 2.89. The van der Waals surface area contributed by atoms with Crippen molar-refractivity contribution in [3.63, 3.8) is 0 Å². The molecule has 0 N–H and O–H groups in total. The summed E-state index contributed by atoms with van der Waals surface area (Å²) in [7, 11) is 3.58. The van der Waals surface area contributed by atoms with Crippen molar-refractivity contribution in [1.29, 1.82) is 0 Å². The molecule has 0 aliphatic carbocycles. The first-order valence-electron chi connectivity index (χ1n) is 4.54. The number of rotatable bonds is 2. The monoisotopic (exact) mass is 266 g/mol. The van der Waals surface area contributed by atoms with E-state index >= 15 is 0 Å². The van der Waals surface area contributed by atoms with Crippen molar-refractivity contribution in [3.05, 3.63) is 34.9 Å². The van der Waals surface area contributed by atoms with Gasteiger partial charge in [-0.1, -0.05) is 0 Å². The normalized spacial score (nSPS) is 10.3. The van der Waals surface area contributed by atoms with Crippen molar-refractivity contribution in [2.45, 2.75) is 0 Å². The van der Waals surface area contributed by atoms with Gasteiger partial charge in [0.05, 0.1) is 17.3 Å². The van der Waals surface area contributed by atoms with E-state index in [9.17, 15) is 0 Å². The molecule has 0 spiro atoms. The molecule has 0 radical (unpaired) electrons. The van der Waals surface area contributed by atoms with E-state index in [1.54, 1.807) is 13.3 Å². The Morgan fingerprint density at radius 2 is 2.13 bits per heavy atom. The minimum atomic E-state index is 0.834. The van der Waals surface area contributed by atoms with Crippen LogP contribution < -0.4 is 4.74 Å². The van der Waals surface area contributed by atoms with Gasteiger partial charge in [-0.3, -0.25) is 4.68 Å². The second-order valence-electron chi connectivity index (χ2n) is 3.19. The largest absolute Gasteiger partial charge is 0.496 e. The van der Waals surface area contributed by atoms with Gasteiger partial charge in [-0.2, -0.15) is 5.10 Å². The van der Waals surface area contributed by atoms with Crippen LogP contribution in [-0.4, -0.2) is 16.9 Å². The number of ether oxygens (including phenoxy) is 1. The topological polar surface area (TPSA) is 27.1 Å². The lowest BCUT2D eigenvalue weighted by molar-refractivity contribution is 0.412. The lowest BCUT2D eigenvalue weighted by Crippen LogP contribution is -1.93. The van der Waals surface area contributed by atoms with Crippen molar-refractivity contribution in [2.75, 3.05) is 7.11 Å². The Balaban J connectivity index is 2.47. The maximum atomic E-state index is 5.18. The fourth-order valence-electron chi connectivity index (χ4n) is 1.48. The number of aromatic nitrogens is 2. The summed E-state index contributed by atoms with van der Waals surface area (Å²) in [6.07, 6.45) is 1.79. The molecule has 0 amide bonds. The molecular formula is C11H11BrN2O. The maximum Gasteiger partial charge on any atom is 0.133 e. The van der Waals surface area contributed by atoms with Gasteiger partial charge in [-0.25, -0.2) is 0 Å². The highest BCUT2D eigenvalue weighted by molar-refractivity contribution is 9.10. The van der Waals surface area contributed by atoms with E-state index in [2.05, 4.69) is 21.0 Å². The van der Waals surface area contributed by atoms with Gasteiger partial charge in [0.2, 0.25) is 0 Å². The van der Waals surface area contributed by atoms with Gasteiger partial charge < -0.3 is 4.74 Å². The summed E-state index contributed by atoms with van der Waals surface area (Å²) in [6.45, 7) is 0. The minimum absolute atomic E-state index is 0.834. The minimum Gasteiger partial charge on any atom is -0.496 e. The predicted octanol–water partition coefficient (Wildman–Crippen LogP) is 2.86. The van der Waals surface area contributed by atoms with E-state index in [0.717, 1.165) is 21.5 Å². The van der Waals surface area contributed by atoms with Crippen molar-refractivity contribution < 1.29 is 4.74 Å². The number of methoxy groups -OCH3 is 1. The van der Waals surface area contributed by atoms with E-state index in [-0.39, 0.29) is 0 Å². The average Bonchev–Trinajstić information content (AvgIpc) is 2.64. The number of nitrogens with zero attached hydrogens (tertiary/aromatic N) is 2. The van der Waals surface area contributed by atoms with Gasteiger partial charge in [0.15, 0.2) is 0 Å². The van der Waals surface area contributed by atoms with Crippen LogP contribution in [0.25, 0.3) is 11.3 Å². The first-order valence-corrected chi connectivity index (χ1v) is 5.33. The van der Waals surface area contributed by atoms with Crippen LogP contribution in [0.5, 0.6) is 5.75 Å². The fraction of sp³-hybridized carbons (Fsp3) is 0.182. The predicted molar refractivity (Wildman–Crippen MR) is 62.9 cm³/mol. The Morgan fingerprint density at radius 3 is 2.67 bits per heavy atom. The summed E-state index contributed by atoms with van der Waals surface area (Å²) in [6, 6.07) is 7.96. The first-order chi connectivity index (χ1) is 7.22. The van der Waals surface area contributed by atoms with Gasteiger partial charge in [-0.15, -0.1) is 0 Å². The molecule has 0 saturated heterocycles. The summed E-state index contributed by atoms with van der Waals surface area (Å²) in [5.41, 5.74) is 2.20. The van der Waals surface area contributed by atoms with Gasteiger partial charge in [0, 0.05) is 18.8 Å². The quantitative estimate of drug-likeness (QED) is 0.836. The third-order valence-electron chi connectivity index (χ3n) is 2.27. The Kier molecular flexibility index (Phi) is 2.77. The second-order valence-corrected chi connectivity index (χ2v) is 4.04. The molecule has 2 rings (SSSR count). The lowest BCUT2D eigenvalue weighted by atomic mass is 10.1. The van der Waals surface area contributed by atoms with E-state index in [1.807, 2.05) is 36.0 Å². The van der Waals surface area contributed by atoms with Crippen molar-refractivity contribution in [2.24, 2.45) is 7.05 Å². The molecule has 1 aromatic heterocycles. The van der Waals surface area contributed by atoms with Crippen LogP contribution in [0.4, 0.5) is 0 Å². The number of benzene rings is 1.